The van der Waals surface area contributed by atoms with Gasteiger partial charge in [0, 0.05) is 22.4 Å². The Balaban J connectivity index is 1.59. The molecule has 1 aromatic carbocycles. The first-order valence-electron chi connectivity index (χ1n) is 8.34. The monoisotopic (exact) mass is 445 g/mol. The van der Waals surface area contributed by atoms with Gasteiger partial charge in [-0.05, 0) is 29.7 Å². The van der Waals surface area contributed by atoms with Crippen molar-refractivity contribution in [3.05, 3.63) is 51.1 Å². The number of aromatic nitrogens is 2. The van der Waals surface area contributed by atoms with Gasteiger partial charge < -0.3 is 5.11 Å². The fraction of sp³-hybridized carbons (Fsp3) is 0.222. The summed E-state index contributed by atoms with van der Waals surface area (Å²) in [6, 6.07) is 7.86. The summed E-state index contributed by atoms with van der Waals surface area (Å²) in [6.45, 7) is 1.39. The molecule has 0 bridgehead atoms. The van der Waals surface area contributed by atoms with Crippen molar-refractivity contribution in [3.8, 4) is 0 Å². The molecule has 1 aliphatic rings. The highest BCUT2D eigenvalue weighted by atomic mass is 79.9. The molecular weight excluding hydrogens is 430 g/mol. The summed E-state index contributed by atoms with van der Waals surface area (Å²) in [5.41, 5.74) is 5.20. The lowest BCUT2D eigenvalue weighted by atomic mass is 10.1. The molecule has 3 aromatic rings. The van der Waals surface area contributed by atoms with Crippen molar-refractivity contribution in [2.45, 2.75) is 13.0 Å². The summed E-state index contributed by atoms with van der Waals surface area (Å²) in [7, 11) is 0. The van der Waals surface area contributed by atoms with Crippen molar-refractivity contribution in [1.82, 2.24) is 14.9 Å². The first-order valence-corrected chi connectivity index (χ1v) is 9.95. The van der Waals surface area contributed by atoms with Crippen molar-refractivity contribution in [3.63, 3.8) is 0 Å². The maximum Gasteiger partial charge on any atom is 0.317 e. The number of hydrazone groups is 1. The first-order chi connectivity index (χ1) is 13.1. The summed E-state index contributed by atoms with van der Waals surface area (Å²) in [6.07, 6.45) is 4.04. The number of nitrogens with zero attached hydrogens (tertiary/aromatic N) is 4. The number of thiophene rings is 1. The number of carboxylic acid groups (broad SMARTS) is 1. The fourth-order valence-corrected chi connectivity index (χ4v) is 4.79. The van der Waals surface area contributed by atoms with Crippen molar-refractivity contribution < 1.29 is 9.90 Å². The molecule has 9 heteroatoms. The Bertz CT molecular complexity index is 1040. The van der Waals surface area contributed by atoms with E-state index in [9.17, 15) is 4.79 Å². The molecule has 1 aliphatic heterocycles. The molecular formula is C18H16BrN5O2S. The van der Waals surface area contributed by atoms with E-state index in [0.29, 0.717) is 18.9 Å². The minimum atomic E-state index is -0.802. The summed E-state index contributed by atoms with van der Waals surface area (Å²) in [5.74, 6) is -0.126. The molecule has 0 spiro atoms. The minimum absolute atomic E-state index is 0.0569. The Morgan fingerprint density at radius 2 is 2.33 bits per heavy atom. The molecule has 0 fully saturated rings. The molecule has 3 heterocycles. The van der Waals surface area contributed by atoms with Crippen LogP contribution in [0.3, 0.4) is 0 Å². The molecule has 0 radical (unpaired) electrons. The second-order valence-corrected chi connectivity index (χ2v) is 8.18. The first kappa shape index (κ1) is 18.0. The highest BCUT2D eigenvalue weighted by Gasteiger charge is 2.24. The van der Waals surface area contributed by atoms with Gasteiger partial charge in [-0.2, -0.15) is 5.10 Å². The average Bonchev–Trinajstić information content (AvgIpc) is 2.99. The predicted octanol–water partition coefficient (Wildman–Crippen LogP) is 3.34. The Hall–Kier alpha value is -2.36. The number of aliphatic carboxylic acids is 1. The lowest BCUT2D eigenvalue weighted by Gasteiger charge is -2.25. The van der Waals surface area contributed by atoms with E-state index in [1.165, 1.54) is 11.9 Å². The van der Waals surface area contributed by atoms with Crippen molar-refractivity contribution in [2.24, 2.45) is 5.10 Å². The molecule has 0 amide bonds. The molecule has 0 saturated carbocycles. The topological polar surface area (TPSA) is 90.7 Å². The van der Waals surface area contributed by atoms with Gasteiger partial charge in [0.25, 0.3) is 0 Å². The van der Waals surface area contributed by atoms with Crippen LogP contribution in [0.15, 0.2) is 40.2 Å². The van der Waals surface area contributed by atoms with E-state index < -0.39 is 5.97 Å². The summed E-state index contributed by atoms with van der Waals surface area (Å²) in [4.78, 5) is 23.7. The Labute approximate surface area is 167 Å². The van der Waals surface area contributed by atoms with Gasteiger partial charge in [0.2, 0.25) is 0 Å². The molecule has 27 heavy (non-hydrogen) atoms. The van der Waals surface area contributed by atoms with Crippen LogP contribution in [0.2, 0.25) is 0 Å². The quantitative estimate of drug-likeness (QED) is 0.462. The number of carbonyl (C=O) groups is 1. The van der Waals surface area contributed by atoms with Gasteiger partial charge >= 0.3 is 5.97 Å². The van der Waals surface area contributed by atoms with Crippen LogP contribution in [0, 0.1) is 0 Å². The number of rotatable bonds is 5. The van der Waals surface area contributed by atoms with Gasteiger partial charge in [-0.25, -0.2) is 9.97 Å². The SMILES string of the molecule is O=C(O)CN1CCc2c(sc3ncnc(N/N=C/c4cccc(Br)c4)c23)C1. The zero-order valence-corrected chi connectivity index (χ0v) is 16.6. The number of hydrogen-bond donors (Lipinski definition) is 2. The van der Waals surface area contributed by atoms with Crippen LogP contribution in [0.4, 0.5) is 5.82 Å². The van der Waals surface area contributed by atoms with Gasteiger partial charge in [-0.1, -0.05) is 28.1 Å². The Morgan fingerprint density at radius 3 is 3.15 bits per heavy atom. The van der Waals surface area contributed by atoms with Crippen LogP contribution < -0.4 is 5.43 Å². The zero-order valence-electron chi connectivity index (χ0n) is 14.2. The van der Waals surface area contributed by atoms with Crippen LogP contribution in [-0.2, 0) is 17.8 Å². The lowest BCUT2D eigenvalue weighted by Crippen LogP contribution is -2.34. The van der Waals surface area contributed by atoms with Gasteiger partial charge in [0.15, 0.2) is 5.82 Å². The maximum absolute atomic E-state index is 11.0. The lowest BCUT2D eigenvalue weighted by molar-refractivity contribution is -0.138. The van der Waals surface area contributed by atoms with Gasteiger partial charge in [0.1, 0.15) is 11.2 Å². The van der Waals surface area contributed by atoms with Gasteiger partial charge in [-0.3, -0.25) is 15.1 Å². The number of hydrogen-bond acceptors (Lipinski definition) is 7. The smallest absolute Gasteiger partial charge is 0.317 e. The van der Waals surface area contributed by atoms with Crippen molar-refractivity contribution >= 4 is 55.5 Å². The second kappa shape index (κ2) is 7.71. The third-order valence-corrected chi connectivity index (χ3v) is 5.93. The molecule has 0 unspecified atom stereocenters. The number of carboxylic acids is 1. The van der Waals surface area contributed by atoms with E-state index in [-0.39, 0.29) is 6.54 Å². The van der Waals surface area contributed by atoms with E-state index in [1.54, 1.807) is 17.6 Å². The van der Waals surface area contributed by atoms with Crippen LogP contribution in [-0.4, -0.2) is 45.2 Å². The predicted molar refractivity (Wildman–Crippen MR) is 109 cm³/mol. The maximum atomic E-state index is 11.0. The largest absolute Gasteiger partial charge is 0.480 e. The third-order valence-electron chi connectivity index (χ3n) is 4.31. The average molecular weight is 446 g/mol. The van der Waals surface area contributed by atoms with Crippen LogP contribution in [0.5, 0.6) is 0 Å². The minimum Gasteiger partial charge on any atom is -0.480 e. The molecule has 2 N–H and O–H groups in total. The van der Waals surface area contributed by atoms with E-state index in [2.05, 4.69) is 36.4 Å². The standard InChI is InChI=1S/C18H16BrN5O2S/c19-12-3-1-2-11(6-12)7-22-23-17-16-13-4-5-24(9-15(25)26)8-14(13)27-18(16)21-10-20-17/h1-3,6-7,10H,4-5,8-9H2,(H,25,26)(H,20,21,23)/b22-7+. The fourth-order valence-electron chi connectivity index (χ4n) is 3.15. The van der Waals surface area contributed by atoms with Crippen LogP contribution in [0.1, 0.15) is 16.0 Å². The summed E-state index contributed by atoms with van der Waals surface area (Å²) >= 11 is 5.04. The molecule has 7 nitrogen and oxygen atoms in total. The zero-order chi connectivity index (χ0) is 18.8. The molecule has 4 rings (SSSR count). The molecule has 0 atom stereocenters. The summed E-state index contributed by atoms with van der Waals surface area (Å²) < 4.78 is 0.994. The Kier molecular flexibility index (Phi) is 5.15. The molecule has 0 saturated heterocycles. The Morgan fingerprint density at radius 1 is 1.44 bits per heavy atom. The van der Waals surface area contributed by atoms with E-state index in [0.717, 1.165) is 31.6 Å². The highest BCUT2D eigenvalue weighted by molar-refractivity contribution is 9.10. The second-order valence-electron chi connectivity index (χ2n) is 6.19. The number of benzene rings is 1. The van der Waals surface area contributed by atoms with Gasteiger partial charge in [-0.15, -0.1) is 11.3 Å². The highest BCUT2D eigenvalue weighted by Crippen LogP contribution is 2.37. The third kappa shape index (κ3) is 4.00. The van der Waals surface area contributed by atoms with E-state index >= 15 is 0 Å². The molecule has 138 valence electrons. The molecule has 0 aliphatic carbocycles. The normalized spacial score (nSPS) is 14.6. The van der Waals surface area contributed by atoms with E-state index in [1.807, 2.05) is 29.2 Å². The van der Waals surface area contributed by atoms with Crippen molar-refractivity contribution in [1.29, 1.82) is 0 Å². The number of halogens is 1. The van der Waals surface area contributed by atoms with Crippen LogP contribution >= 0.6 is 27.3 Å². The number of nitrogens with one attached hydrogen (secondary N) is 1. The number of fused-ring (bicyclic) bond motifs is 3. The van der Waals surface area contributed by atoms with Gasteiger partial charge in [0.05, 0.1) is 18.1 Å². The molecule has 2 aromatic heterocycles. The van der Waals surface area contributed by atoms with Crippen molar-refractivity contribution in [2.75, 3.05) is 18.5 Å². The van der Waals surface area contributed by atoms with Crippen LogP contribution in [0.25, 0.3) is 10.2 Å². The van der Waals surface area contributed by atoms with E-state index in [4.69, 9.17) is 5.11 Å². The number of anilines is 1. The summed E-state index contributed by atoms with van der Waals surface area (Å²) in [5, 5.41) is 14.3.